The predicted molar refractivity (Wildman–Crippen MR) is 79.4 cm³/mol. The molecule has 0 heterocycles. The van der Waals surface area contributed by atoms with E-state index in [0.717, 1.165) is 32.0 Å². The highest BCUT2D eigenvalue weighted by Gasteiger charge is 2.17. The Labute approximate surface area is 120 Å². The van der Waals surface area contributed by atoms with Gasteiger partial charge in [0.2, 0.25) is 0 Å². The Morgan fingerprint density at radius 3 is 2.70 bits per heavy atom. The molecule has 0 fully saturated rings. The van der Waals surface area contributed by atoms with Crippen LogP contribution in [0, 0.1) is 5.82 Å². The predicted octanol–water partition coefficient (Wildman–Crippen LogP) is 1.80. The van der Waals surface area contributed by atoms with E-state index in [0.29, 0.717) is 6.54 Å². The Morgan fingerprint density at radius 1 is 1.30 bits per heavy atom. The molecule has 2 N–H and O–H groups in total. The van der Waals surface area contributed by atoms with E-state index in [1.165, 1.54) is 29.6 Å². The lowest BCUT2D eigenvalue weighted by Crippen LogP contribution is -2.34. The fraction of sp³-hybridized carbons (Fsp3) is 0.538. The number of benzene rings is 1. The minimum absolute atomic E-state index is 0.223. The monoisotopic (exact) mass is 303 g/mol. The van der Waals surface area contributed by atoms with Crippen LogP contribution >= 0.6 is 0 Å². The van der Waals surface area contributed by atoms with Crippen molar-refractivity contribution >= 4 is 15.9 Å². The maximum atomic E-state index is 13.0. The second kappa shape index (κ2) is 8.18. The van der Waals surface area contributed by atoms with Gasteiger partial charge in [-0.3, -0.25) is 4.72 Å². The van der Waals surface area contributed by atoms with Gasteiger partial charge in [-0.1, -0.05) is 13.0 Å². The molecule has 0 atom stereocenters. The van der Waals surface area contributed by atoms with Crippen molar-refractivity contribution in [3.63, 3.8) is 0 Å². The van der Waals surface area contributed by atoms with Crippen LogP contribution in [0.15, 0.2) is 24.3 Å². The summed E-state index contributed by atoms with van der Waals surface area (Å²) in [7, 11) is -2.13. The smallest absolute Gasteiger partial charge is 0.301 e. The third-order valence-corrected chi connectivity index (χ3v) is 4.23. The molecule has 0 spiro atoms. The molecule has 0 aliphatic heterocycles. The summed E-state index contributed by atoms with van der Waals surface area (Å²) in [6, 6.07) is 5.38. The molecule has 0 aromatic heterocycles. The number of nitrogens with zero attached hydrogens (tertiary/aromatic N) is 1. The average molecular weight is 303 g/mol. The van der Waals surface area contributed by atoms with Crippen LogP contribution < -0.4 is 10.0 Å². The summed E-state index contributed by atoms with van der Waals surface area (Å²) in [6.45, 7) is 4.18. The fourth-order valence-corrected chi connectivity index (χ4v) is 2.58. The van der Waals surface area contributed by atoms with E-state index in [9.17, 15) is 12.8 Å². The number of halogens is 1. The summed E-state index contributed by atoms with van der Waals surface area (Å²) >= 11 is 0. The van der Waals surface area contributed by atoms with Crippen molar-refractivity contribution in [1.82, 2.24) is 9.62 Å². The number of hydrogen-bond acceptors (Lipinski definition) is 3. The van der Waals surface area contributed by atoms with Gasteiger partial charge in [0.15, 0.2) is 0 Å². The molecule has 5 nitrogen and oxygen atoms in total. The zero-order chi connectivity index (χ0) is 15.0. The summed E-state index contributed by atoms with van der Waals surface area (Å²) in [4.78, 5) is 0. The van der Waals surface area contributed by atoms with E-state index in [1.54, 1.807) is 0 Å². The Morgan fingerprint density at radius 2 is 2.05 bits per heavy atom. The highest BCUT2D eigenvalue weighted by molar-refractivity contribution is 7.90. The first kappa shape index (κ1) is 16.9. The zero-order valence-electron chi connectivity index (χ0n) is 11.9. The van der Waals surface area contributed by atoms with Crippen LogP contribution in [0.1, 0.15) is 19.8 Å². The molecular weight excluding hydrogens is 281 g/mol. The molecule has 0 aliphatic carbocycles. The van der Waals surface area contributed by atoms with Gasteiger partial charge in [-0.2, -0.15) is 12.7 Å². The van der Waals surface area contributed by atoms with E-state index in [-0.39, 0.29) is 5.69 Å². The third kappa shape index (κ3) is 5.85. The maximum Gasteiger partial charge on any atom is 0.301 e. The Balaban J connectivity index is 2.47. The summed E-state index contributed by atoms with van der Waals surface area (Å²) in [5, 5.41) is 3.21. The van der Waals surface area contributed by atoms with E-state index < -0.39 is 16.0 Å². The Hall–Kier alpha value is -1.18. The van der Waals surface area contributed by atoms with Crippen LogP contribution in [0.2, 0.25) is 0 Å². The van der Waals surface area contributed by atoms with Gasteiger partial charge in [-0.25, -0.2) is 4.39 Å². The van der Waals surface area contributed by atoms with Crippen LogP contribution in [0.25, 0.3) is 0 Å². The third-order valence-electron chi connectivity index (χ3n) is 2.74. The number of hydrogen-bond donors (Lipinski definition) is 2. The van der Waals surface area contributed by atoms with Gasteiger partial charge in [0, 0.05) is 13.6 Å². The van der Waals surface area contributed by atoms with Crippen molar-refractivity contribution in [2.45, 2.75) is 19.8 Å². The maximum absolute atomic E-state index is 13.0. The SMILES string of the molecule is CCCNCCCN(C)S(=O)(=O)Nc1cccc(F)c1. The second-order valence-electron chi connectivity index (χ2n) is 4.54. The normalized spacial score (nSPS) is 11.8. The fourth-order valence-electron chi connectivity index (χ4n) is 1.63. The highest BCUT2D eigenvalue weighted by atomic mass is 32.2. The molecule has 114 valence electrons. The lowest BCUT2D eigenvalue weighted by Gasteiger charge is -2.18. The molecule has 1 rings (SSSR count). The van der Waals surface area contributed by atoms with Crippen molar-refractivity contribution in [3.05, 3.63) is 30.1 Å². The van der Waals surface area contributed by atoms with Crippen LogP contribution in [0.4, 0.5) is 10.1 Å². The summed E-state index contributed by atoms with van der Waals surface area (Å²) in [5.41, 5.74) is 0.223. The number of anilines is 1. The minimum Gasteiger partial charge on any atom is -0.317 e. The minimum atomic E-state index is -3.63. The van der Waals surface area contributed by atoms with Crippen molar-refractivity contribution in [2.24, 2.45) is 0 Å². The molecular formula is C13H22FN3O2S. The lowest BCUT2D eigenvalue weighted by molar-refractivity contribution is 0.458. The standard InChI is InChI=1S/C13H22FN3O2S/c1-3-8-15-9-5-10-17(2)20(18,19)16-13-7-4-6-12(14)11-13/h4,6-7,11,15-16H,3,5,8-10H2,1-2H3. The molecule has 20 heavy (non-hydrogen) atoms. The van der Waals surface area contributed by atoms with Gasteiger partial charge in [0.05, 0.1) is 5.69 Å². The van der Waals surface area contributed by atoms with Crippen LogP contribution in [0.3, 0.4) is 0 Å². The Kier molecular flexibility index (Phi) is 6.90. The molecule has 0 saturated carbocycles. The highest BCUT2D eigenvalue weighted by Crippen LogP contribution is 2.12. The van der Waals surface area contributed by atoms with E-state index >= 15 is 0 Å². The first-order valence-corrected chi connectivity index (χ1v) is 8.10. The zero-order valence-corrected chi connectivity index (χ0v) is 12.7. The molecule has 0 aliphatic rings. The van der Waals surface area contributed by atoms with Gasteiger partial charge in [-0.15, -0.1) is 0 Å². The molecule has 1 aromatic carbocycles. The first-order valence-electron chi connectivity index (χ1n) is 6.66. The second-order valence-corrected chi connectivity index (χ2v) is 6.32. The number of rotatable bonds is 9. The number of nitrogens with one attached hydrogen (secondary N) is 2. The van der Waals surface area contributed by atoms with Gasteiger partial charge in [-0.05, 0) is 44.1 Å². The summed E-state index contributed by atoms with van der Waals surface area (Å²) in [5.74, 6) is -0.475. The molecule has 0 bridgehead atoms. The van der Waals surface area contributed by atoms with Crippen LogP contribution in [-0.2, 0) is 10.2 Å². The van der Waals surface area contributed by atoms with Gasteiger partial charge < -0.3 is 5.32 Å². The average Bonchev–Trinajstić information content (AvgIpc) is 2.37. The van der Waals surface area contributed by atoms with Gasteiger partial charge in [0.25, 0.3) is 0 Å². The van der Waals surface area contributed by atoms with E-state index in [1.807, 2.05) is 0 Å². The van der Waals surface area contributed by atoms with Crippen molar-refractivity contribution in [3.8, 4) is 0 Å². The van der Waals surface area contributed by atoms with Crippen LogP contribution in [-0.4, -0.2) is 39.4 Å². The van der Waals surface area contributed by atoms with Gasteiger partial charge >= 0.3 is 10.2 Å². The topological polar surface area (TPSA) is 61.4 Å². The molecule has 0 radical (unpaired) electrons. The van der Waals surface area contributed by atoms with E-state index in [2.05, 4.69) is 17.0 Å². The quantitative estimate of drug-likeness (QED) is 0.684. The van der Waals surface area contributed by atoms with Crippen LogP contribution in [0.5, 0.6) is 0 Å². The molecule has 0 saturated heterocycles. The van der Waals surface area contributed by atoms with Crippen molar-refractivity contribution in [2.75, 3.05) is 31.4 Å². The summed E-state index contributed by atoms with van der Waals surface area (Å²) < 4.78 is 40.6. The molecule has 0 amide bonds. The molecule has 7 heteroatoms. The molecule has 0 unspecified atom stereocenters. The lowest BCUT2D eigenvalue weighted by atomic mass is 10.3. The first-order chi connectivity index (χ1) is 9.45. The summed E-state index contributed by atoms with van der Waals surface area (Å²) in [6.07, 6.45) is 1.77. The molecule has 1 aromatic rings. The largest absolute Gasteiger partial charge is 0.317 e. The Bertz CT molecular complexity index is 508. The van der Waals surface area contributed by atoms with E-state index in [4.69, 9.17) is 0 Å². The van der Waals surface area contributed by atoms with Crippen molar-refractivity contribution < 1.29 is 12.8 Å². The van der Waals surface area contributed by atoms with Crippen molar-refractivity contribution in [1.29, 1.82) is 0 Å². The van der Waals surface area contributed by atoms with Gasteiger partial charge in [0.1, 0.15) is 5.82 Å².